The van der Waals surface area contributed by atoms with Crippen LogP contribution in [0.4, 0.5) is 13.2 Å². The highest BCUT2D eigenvalue weighted by atomic mass is 19.4. The van der Waals surface area contributed by atoms with Gasteiger partial charge in [0.25, 0.3) is 0 Å². The molecule has 1 aromatic heterocycles. The fourth-order valence-electron chi connectivity index (χ4n) is 1.97. The summed E-state index contributed by atoms with van der Waals surface area (Å²) in [4.78, 5) is 15.0. The van der Waals surface area contributed by atoms with Gasteiger partial charge in [-0.3, -0.25) is 4.79 Å². The van der Waals surface area contributed by atoms with Crippen LogP contribution in [-0.4, -0.2) is 29.2 Å². The van der Waals surface area contributed by atoms with E-state index in [1.54, 1.807) is 0 Å². The largest absolute Gasteiger partial charge is 0.450 e. The van der Waals surface area contributed by atoms with E-state index in [0.29, 0.717) is 12.8 Å². The predicted octanol–water partition coefficient (Wildman–Crippen LogP) is 2.33. The maximum Gasteiger partial charge on any atom is 0.450 e. The minimum Gasteiger partial charge on any atom is -0.370 e. The van der Waals surface area contributed by atoms with Gasteiger partial charge in [0.1, 0.15) is 11.5 Å². The Bertz CT molecular complexity index is 474. The number of Topliss-reactive ketones (excluding diaryl/α,β-unsaturated/α-hetero) is 1. The van der Waals surface area contributed by atoms with Gasteiger partial charge in [-0.15, -0.1) is 0 Å². The third-order valence-electron chi connectivity index (χ3n) is 3.44. The Morgan fingerprint density at radius 2 is 2.11 bits per heavy atom. The van der Waals surface area contributed by atoms with Crippen molar-refractivity contribution in [1.82, 2.24) is 10.1 Å². The van der Waals surface area contributed by atoms with Crippen LogP contribution in [0.5, 0.6) is 0 Å². The quantitative estimate of drug-likeness (QED) is 0.845. The van der Waals surface area contributed by atoms with Crippen LogP contribution in [0, 0.1) is 0 Å². The number of ether oxygens (including phenoxy) is 1. The smallest absolute Gasteiger partial charge is 0.370 e. The van der Waals surface area contributed by atoms with Crippen LogP contribution >= 0.6 is 0 Å². The lowest BCUT2D eigenvalue weighted by molar-refractivity contribution is -0.172. The van der Waals surface area contributed by atoms with Crippen molar-refractivity contribution in [2.75, 3.05) is 7.11 Å². The van der Waals surface area contributed by atoms with Gasteiger partial charge in [-0.25, -0.2) is 0 Å². The minimum absolute atomic E-state index is 0.207. The van der Waals surface area contributed by atoms with Gasteiger partial charge in [0, 0.05) is 7.11 Å². The maximum absolute atomic E-state index is 12.3. The summed E-state index contributed by atoms with van der Waals surface area (Å²) in [5, 5.41) is 3.64. The van der Waals surface area contributed by atoms with Gasteiger partial charge in [-0.1, -0.05) is 5.16 Å². The molecule has 0 amide bonds. The van der Waals surface area contributed by atoms with E-state index in [2.05, 4.69) is 10.1 Å². The molecular formula is C11H13F3N2O3. The fourth-order valence-corrected chi connectivity index (χ4v) is 1.97. The zero-order valence-electron chi connectivity index (χ0n) is 10.5. The second kappa shape index (κ2) is 4.59. The predicted molar refractivity (Wildman–Crippen MR) is 56.3 cm³/mol. The molecule has 5 nitrogen and oxygen atoms in total. The van der Waals surface area contributed by atoms with E-state index in [0.717, 1.165) is 13.3 Å². The molecular weight excluding hydrogens is 265 g/mol. The van der Waals surface area contributed by atoms with Crippen molar-refractivity contribution in [3.8, 4) is 0 Å². The molecule has 1 unspecified atom stereocenters. The number of methoxy groups -OCH3 is 1. The molecule has 106 valence electrons. The number of carbonyl (C=O) groups is 1. The number of aromatic nitrogens is 2. The van der Waals surface area contributed by atoms with Gasteiger partial charge in [0.2, 0.25) is 17.5 Å². The zero-order chi connectivity index (χ0) is 14.3. The molecule has 0 saturated heterocycles. The lowest BCUT2D eigenvalue weighted by atomic mass is 9.79. The molecule has 1 heterocycles. The number of hydrogen-bond acceptors (Lipinski definition) is 5. The van der Waals surface area contributed by atoms with Crippen molar-refractivity contribution < 1.29 is 27.2 Å². The first-order valence-electron chi connectivity index (χ1n) is 5.80. The molecule has 1 aromatic rings. The van der Waals surface area contributed by atoms with Crippen LogP contribution in [0.15, 0.2) is 4.52 Å². The van der Waals surface area contributed by atoms with E-state index in [-0.39, 0.29) is 11.7 Å². The second-order valence-corrected chi connectivity index (χ2v) is 4.59. The summed E-state index contributed by atoms with van der Waals surface area (Å²) in [6, 6.07) is 0. The molecule has 19 heavy (non-hydrogen) atoms. The van der Waals surface area contributed by atoms with E-state index in [1.165, 1.54) is 7.11 Å². The number of halogens is 3. The number of nitrogens with zero attached hydrogens (tertiary/aromatic N) is 2. The molecule has 1 aliphatic rings. The Kier molecular flexibility index (Phi) is 3.38. The molecule has 1 saturated carbocycles. The monoisotopic (exact) mass is 278 g/mol. The van der Waals surface area contributed by atoms with E-state index in [1.807, 2.05) is 0 Å². The first kappa shape index (κ1) is 14.0. The number of hydrogen-bond donors (Lipinski definition) is 0. The summed E-state index contributed by atoms with van der Waals surface area (Å²) < 4.78 is 47.0. The normalized spacial score (nSPS) is 19.8. The van der Waals surface area contributed by atoms with E-state index < -0.39 is 23.5 Å². The Hall–Kier alpha value is -1.44. The van der Waals surface area contributed by atoms with Crippen molar-refractivity contribution in [2.24, 2.45) is 0 Å². The van der Waals surface area contributed by atoms with Crippen LogP contribution < -0.4 is 0 Å². The van der Waals surface area contributed by atoms with Crippen LogP contribution in [0.3, 0.4) is 0 Å². The molecule has 1 atom stereocenters. The standard InChI is InChI=1S/C11H13F3N2O3/c1-6(7(17)11(12,13)14)8-15-9(16-19-8)10(18-2)4-3-5-10/h6H,3-5H2,1-2H3. The molecule has 8 heteroatoms. The zero-order valence-corrected chi connectivity index (χ0v) is 10.5. The van der Waals surface area contributed by atoms with Gasteiger partial charge < -0.3 is 9.26 Å². The summed E-state index contributed by atoms with van der Waals surface area (Å²) >= 11 is 0. The van der Waals surface area contributed by atoms with Gasteiger partial charge in [0.15, 0.2) is 0 Å². The van der Waals surface area contributed by atoms with Crippen LogP contribution in [-0.2, 0) is 15.1 Å². The number of rotatable bonds is 4. The molecule has 0 N–H and O–H groups in total. The highest BCUT2D eigenvalue weighted by Crippen LogP contribution is 2.43. The van der Waals surface area contributed by atoms with Gasteiger partial charge in [0.05, 0.1) is 0 Å². The Balaban J connectivity index is 2.20. The molecule has 1 fully saturated rings. The van der Waals surface area contributed by atoms with Gasteiger partial charge >= 0.3 is 6.18 Å². The molecule has 0 aromatic carbocycles. The average molecular weight is 278 g/mol. The number of alkyl halides is 3. The SMILES string of the molecule is COC1(c2noc(C(C)C(=O)C(F)(F)F)n2)CCC1. The summed E-state index contributed by atoms with van der Waals surface area (Å²) in [5.74, 6) is -3.53. The Morgan fingerprint density at radius 1 is 1.47 bits per heavy atom. The number of carbonyl (C=O) groups excluding carboxylic acids is 1. The molecule has 0 aliphatic heterocycles. The van der Waals surface area contributed by atoms with Crippen molar-refractivity contribution in [1.29, 1.82) is 0 Å². The summed E-state index contributed by atoms with van der Waals surface area (Å²) in [6.07, 6.45) is -2.62. The third-order valence-corrected chi connectivity index (χ3v) is 3.44. The average Bonchev–Trinajstić information content (AvgIpc) is 2.75. The molecule has 0 radical (unpaired) electrons. The lowest BCUT2D eigenvalue weighted by Gasteiger charge is -2.37. The van der Waals surface area contributed by atoms with Crippen LogP contribution in [0.1, 0.15) is 43.8 Å². The van der Waals surface area contributed by atoms with E-state index >= 15 is 0 Å². The Morgan fingerprint density at radius 3 is 2.53 bits per heavy atom. The van der Waals surface area contributed by atoms with Crippen molar-refractivity contribution in [3.05, 3.63) is 11.7 Å². The van der Waals surface area contributed by atoms with Crippen LogP contribution in [0.2, 0.25) is 0 Å². The van der Waals surface area contributed by atoms with Crippen LogP contribution in [0.25, 0.3) is 0 Å². The highest BCUT2D eigenvalue weighted by molar-refractivity contribution is 5.89. The van der Waals surface area contributed by atoms with Crippen molar-refractivity contribution >= 4 is 5.78 Å². The Labute approximate surface area is 107 Å². The van der Waals surface area contributed by atoms with Gasteiger partial charge in [-0.05, 0) is 26.2 Å². The third kappa shape index (κ3) is 2.36. The minimum atomic E-state index is -4.91. The number of ketones is 1. The van der Waals surface area contributed by atoms with E-state index in [4.69, 9.17) is 9.26 Å². The molecule has 1 aliphatic carbocycles. The summed E-state index contributed by atoms with van der Waals surface area (Å²) in [6.45, 7) is 1.09. The van der Waals surface area contributed by atoms with Gasteiger partial charge in [-0.2, -0.15) is 18.2 Å². The molecule has 2 rings (SSSR count). The maximum atomic E-state index is 12.3. The molecule has 0 spiro atoms. The first-order valence-corrected chi connectivity index (χ1v) is 5.80. The fraction of sp³-hybridized carbons (Fsp3) is 0.727. The lowest BCUT2D eigenvalue weighted by Crippen LogP contribution is -2.37. The summed E-state index contributed by atoms with van der Waals surface area (Å²) in [7, 11) is 1.49. The molecule has 0 bridgehead atoms. The topological polar surface area (TPSA) is 65.2 Å². The van der Waals surface area contributed by atoms with Crippen molar-refractivity contribution in [3.63, 3.8) is 0 Å². The highest BCUT2D eigenvalue weighted by Gasteiger charge is 2.46. The van der Waals surface area contributed by atoms with E-state index in [9.17, 15) is 18.0 Å². The first-order chi connectivity index (χ1) is 8.80. The van der Waals surface area contributed by atoms with Crippen molar-refractivity contribution in [2.45, 2.75) is 43.9 Å². The summed E-state index contributed by atoms with van der Waals surface area (Å²) in [5.41, 5.74) is -0.678. The second-order valence-electron chi connectivity index (χ2n) is 4.59.